The van der Waals surface area contributed by atoms with E-state index in [0.717, 1.165) is 17.7 Å². The van der Waals surface area contributed by atoms with Crippen LogP contribution < -0.4 is 0 Å². The summed E-state index contributed by atoms with van der Waals surface area (Å²) in [6.45, 7) is 10.6. The molecule has 0 fully saturated rings. The van der Waals surface area contributed by atoms with Gasteiger partial charge in [0, 0.05) is 24.2 Å². The lowest BCUT2D eigenvalue weighted by atomic mass is 9.87. The van der Waals surface area contributed by atoms with Gasteiger partial charge in [-0.25, -0.2) is 0 Å². The van der Waals surface area contributed by atoms with Gasteiger partial charge >= 0.3 is 0 Å². The van der Waals surface area contributed by atoms with Crippen molar-refractivity contribution in [2.75, 3.05) is 0 Å². The van der Waals surface area contributed by atoms with Crippen LogP contribution in [0.4, 0.5) is 0 Å². The summed E-state index contributed by atoms with van der Waals surface area (Å²) in [5, 5.41) is 14.7. The summed E-state index contributed by atoms with van der Waals surface area (Å²) in [4.78, 5) is 0. The molecule has 0 saturated heterocycles. The lowest BCUT2D eigenvalue weighted by Crippen LogP contribution is -2.16. The zero-order chi connectivity index (χ0) is 12.5. The van der Waals surface area contributed by atoms with Gasteiger partial charge in [-0.2, -0.15) is 5.10 Å². The van der Waals surface area contributed by atoms with Crippen LogP contribution in [0.25, 0.3) is 0 Å². The highest BCUT2D eigenvalue weighted by atomic mass is 16.3. The molecule has 16 heavy (non-hydrogen) atoms. The van der Waals surface area contributed by atoms with Crippen molar-refractivity contribution in [3.8, 4) is 0 Å². The van der Waals surface area contributed by atoms with Crippen molar-refractivity contribution in [3.63, 3.8) is 0 Å². The minimum atomic E-state index is -0.400. The molecule has 0 aromatic carbocycles. The molecule has 3 nitrogen and oxygen atoms in total. The van der Waals surface area contributed by atoms with E-state index in [1.54, 1.807) is 4.68 Å². The van der Waals surface area contributed by atoms with E-state index in [1.807, 2.05) is 13.2 Å². The summed E-state index contributed by atoms with van der Waals surface area (Å²) in [5.74, 6) is 0.489. The Bertz CT molecular complexity index is 347. The van der Waals surface area contributed by atoms with Crippen LogP contribution in [0.3, 0.4) is 0 Å². The van der Waals surface area contributed by atoms with Crippen LogP contribution >= 0.6 is 0 Å². The lowest BCUT2D eigenvalue weighted by Gasteiger charge is -2.20. The van der Waals surface area contributed by atoms with E-state index in [9.17, 15) is 5.11 Å². The second-order valence-corrected chi connectivity index (χ2v) is 6.00. The fraction of sp³-hybridized carbons (Fsp3) is 0.769. The first-order valence-electron chi connectivity index (χ1n) is 5.94. The van der Waals surface area contributed by atoms with Gasteiger partial charge in [0.1, 0.15) is 0 Å². The van der Waals surface area contributed by atoms with Crippen molar-refractivity contribution in [3.05, 3.63) is 17.5 Å². The van der Waals surface area contributed by atoms with E-state index in [2.05, 4.69) is 39.7 Å². The van der Waals surface area contributed by atoms with Crippen LogP contribution in [0.2, 0.25) is 0 Å². The number of hydrogen-bond acceptors (Lipinski definition) is 2. The molecule has 0 radical (unpaired) electrons. The molecule has 1 heterocycles. The van der Waals surface area contributed by atoms with Crippen LogP contribution in [-0.2, 0) is 12.5 Å². The standard InChI is InChI=1S/C13H24N2O/c1-9(2)7-11(16)10-8-15(6)14-12(10)13(3,4)5/h8-9,11,16H,7H2,1-6H3. The second-order valence-electron chi connectivity index (χ2n) is 6.00. The molecule has 0 spiro atoms. The number of hydrogen-bond donors (Lipinski definition) is 1. The minimum absolute atomic E-state index is 0.0193. The Morgan fingerprint density at radius 3 is 2.38 bits per heavy atom. The van der Waals surface area contributed by atoms with Gasteiger partial charge in [-0.1, -0.05) is 34.6 Å². The quantitative estimate of drug-likeness (QED) is 0.857. The summed E-state index contributed by atoms with van der Waals surface area (Å²) in [6, 6.07) is 0. The average Bonchev–Trinajstić information content (AvgIpc) is 2.45. The van der Waals surface area contributed by atoms with E-state index in [1.165, 1.54) is 0 Å². The van der Waals surface area contributed by atoms with Crippen LogP contribution in [0.5, 0.6) is 0 Å². The van der Waals surface area contributed by atoms with Crippen LogP contribution in [0, 0.1) is 5.92 Å². The van der Waals surface area contributed by atoms with Gasteiger partial charge < -0.3 is 5.11 Å². The monoisotopic (exact) mass is 224 g/mol. The number of aliphatic hydroxyl groups excluding tert-OH is 1. The summed E-state index contributed by atoms with van der Waals surface area (Å²) in [7, 11) is 1.90. The molecule has 1 rings (SSSR count). The van der Waals surface area contributed by atoms with Gasteiger partial charge in [-0.15, -0.1) is 0 Å². The SMILES string of the molecule is CC(C)CC(O)c1cn(C)nc1C(C)(C)C. The van der Waals surface area contributed by atoms with Gasteiger partial charge in [-0.3, -0.25) is 4.68 Å². The highest BCUT2D eigenvalue weighted by Gasteiger charge is 2.25. The molecule has 0 aliphatic rings. The molecule has 3 heteroatoms. The highest BCUT2D eigenvalue weighted by molar-refractivity contribution is 5.26. The summed E-state index contributed by atoms with van der Waals surface area (Å²) < 4.78 is 1.79. The third kappa shape index (κ3) is 3.08. The van der Waals surface area contributed by atoms with Gasteiger partial charge in [0.15, 0.2) is 0 Å². The van der Waals surface area contributed by atoms with Gasteiger partial charge in [0.2, 0.25) is 0 Å². The molecule has 0 saturated carbocycles. The molecule has 0 aliphatic carbocycles. The molecule has 1 atom stereocenters. The van der Waals surface area contributed by atoms with Crippen molar-refractivity contribution in [2.45, 2.75) is 52.6 Å². The van der Waals surface area contributed by atoms with Gasteiger partial charge in [0.25, 0.3) is 0 Å². The fourth-order valence-electron chi connectivity index (χ4n) is 1.91. The zero-order valence-electron chi connectivity index (χ0n) is 11.3. The topological polar surface area (TPSA) is 38.0 Å². The van der Waals surface area contributed by atoms with Crippen molar-refractivity contribution in [1.29, 1.82) is 0 Å². The molecule has 1 aromatic heterocycles. The highest BCUT2D eigenvalue weighted by Crippen LogP contribution is 2.30. The van der Waals surface area contributed by atoms with E-state index < -0.39 is 6.10 Å². The predicted octanol–water partition coefficient (Wildman–Crippen LogP) is 2.80. The number of aromatic nitrogens is 2. The van der Waals surface area contributed by atoms with Crippen molar-refractivity contribution in [1.82, 2.24) is 9.78 Å². The smallest absolute Gasteiger partial charge is 0.0826 e. The average molecular weight is 224 g/mol. The maximum atomic E-state index is 10.2. The van der Waals surface area contributed by atoms with Crippen LogP contribution in [0.1, 0.15) is 58.4 Å². The summed E-state index contributed by atoms with van der Waals surface area (Å²) in [5.41, 5.74) is 1.96. The van der Waals surface area contributed by atoms with Gasteiger partial charge in [0.05, 0.1) is 11.8 Å². The number of nitrogens with zero attached hydrogens (tertiary/aromatic N) is 2. The Morgan fingerprint density at radius 1 is 1.38 bits per heavy atom. The van der Waals surface area contributed by atoms with Crippen molar-refractivity contribution >= 4 is 0 Å². The molecule has 1 N–H and O–H groups in total. The first-order chi connectivity index (χ1) is 7.21. The molecule has 0 amide bonds. The molecule has 92 valence electrons. The maximum absolute atomic E-state index is 10.2. The number of aliphatic hydroxyl groups is 1. The zero-order valence-corrected chi connectivity index (χ0v) is 11.3. The summed E-state index contributed by atoms with van der Waals surface area (Å²) >= 11 is 0. The van der Waals surface area contributed by atoms with Crippen molar-refractivity contribution in [2.24, 2.45) is 13.0 Å². The Kier molecular flexibility index (Phi) is 3.79. The molecular formula is C13H24N2O. The third-order valence-electron chi connectivity index (χ3n) is 2.62. The normalized spacial score (nSPS) is 14.5. The molecule has 1 unspecified atom stereocenters. The number of aryl methyl sites for hydroxylation is 1. The largest absolute Gasteiger partial charge is 0.388 e. The van der Waals surface area contributed by atoms with E-state index in [4.69, 9.17) is 0 Å². The predicted molar refractivity (Wildman–Crippen MR) is 66.3 cm³/mol. The molecule has 0 bridgehead atoms. The Balaban J connectivity index is 3.03. The van der Waals surface area contributed by atoms with Crippen molar-refractivity contribution < 1.29 is 5.11 Å². The minimum Gasteiger partial charge on any atom is -0.388 e. The summed E-state index contributed by atoms with van der Waals surface area (Å²) in [6.07, 6.45) is 2.32. The Morgan fingerprint density at radius 2 is 1.94 bits per heavy atom. The Hall–Kier alpha value is -0.830. The van der Waals surface area contributed by atoms with Crippen LogP contribution in [0.15, 0.2) is 6.20 Å². The number of rotatable bonds is 3. The molecule has 0 aliphatic heterocycles. The van der Waals surface area contributed by atoms with Crippen LogP contribution in [-0.4, -0.2) is 14.9 Å². The van der Waals surface area contributed by atoms with E-state index in [0.29, 0.717) is 5.92 Å². The van der Waals surface area contributed by atoms with E-state index >= 15 is 0 Å². The maximum Gasteiger partial charge on any atom is 0.0826 e. The molecular weight excluding hydrogens is 200 g/mol. The Labute approximate surface area is 98.5 Å². The second kappa shape index (κ2) is 4.58. The third-order valence-corrected chi connectivity index (χ3v) is 2.62. The van der Waals surface area contributed by atoms with E-state index in [-0.39, 0.29) is 5.41 Å². The lowest BCUT2D eigenvalue weighted by molar-refractivity contribution is 0.149. The fourth-order valence-corrected chi connectivity index (χ4v) is 1.91. The van der Waals surface area contributed by atoms with Gasteiger partial charge in [-0.05, 0) is 12.3 Å². The molecule has 1 aromatic rings. The first-order valence-corrected chi connectivity index (χ1v) is 5.94. The first kappa shape index (κ1) is 13.2.